The van der Waals surface area contributed by atoms with Crippen molar-refractivity contribution >= 4 is 33.8 Å². The van der Waals surface area contributed by atoms with E-state index in [1.807, 2.05) is 0 Å². The molecule has 1 aliphatic heterocycles. The second-order valence-electron chi connectivity index (χ2n) is 7.93. The maximum Gasteiger partial charge on any atom is 0.338 e. The van der Waals surface area contributed by atoms with Gasteiger partial charge in [-0.1, -0.05) is 70.5 Å². The van der Waals surface area contributed by atoms with Crippen molar-refractivity contribution in [3.05, 3.63) is 108 Å². The molecule has 0 amide bonds. The molecule has 3 aromatic rings. The summed E-state index contributed by atoms with van der Waals surface area (Å²) in [5, 5.41) is 10.8. The SMILES string of the molecule is O=C(O[C@@H]1[C@@H](OC(=O)c2ccccc2)[C@H](O)O[C@H]1[C@@H](CBr)OC(=O)c1ccccc1)c1ccccc1. The fourth-order valence-electron chi connectivity index (χ4n) is 3.72. The summed E-state index contributed by atoms with van der Waals surface area (Å²) in [5.41, 5.74) is 0.808. The molecule has 8 nitrogen and oxygen atoms in total. The number of benzene rings is 3. The molecule has 1 saturated heterocycles. The monoisotopic (exact) mass is 554 g/mol. The predicted molar refractivity (Wildman–Crippen MR) is 132 cm³/mol. The number of ether oxygens (including phenoxy) is 4. The van der Waals surface area contributed by atoms with Crippen LogP contribution in [0.3, 0.4) is 0 Å². The second kappa shape index (κ2) is 11.9. The van der Waals surface area contributed by atoms with Crippen LogP contribution >= 0.6 is 15.9 Å². The Bertz CT molecular complexity index is 1170. The van der Waals surface area contributed by atoms with Gasteiger partial charge in [0.1, 0.15) is 12.2 Å². The smallest absolute Gasteiger partial charge is 0.338 e. The Labute approximate surface area is 215 Å². The van der Waals surface area contributed by atoms with Gasteiger partial charge >= 0.3 is 17.9 Å². The van der Waals surface area contributed by atoms with E-state index in [1.165, 1.54) is 0 Å². The van der Waals surface area contributed by atoms with E-state index in [0.717, 1.165) is 0 Å². The van der Waals surface area contributed by atoms with Crippen molar-refractivity contribution in [2.24, 2.45) is 0 Å². The number of carbonyl (C=O) groups is 3. The molecule has 9 heteroatoms. The van der Waals surface area contributed by atoms with Gasteiger partial charge in [0.15, 0.2) is 18.5 Å². The van der Waals surface area contributed by atoms with Gasteiger partial charge in [0.25, 0.3) is 0 Å². The van der Waals surface area contributed by atoms with Gasteiger partial charge in [-0.2, -0.15) is 0 Å². The summed E-state index contributed by atoms with van der Waals surface area (Å²) in [6.07, 6.45) is -6.39. The average molecular weight is 555 g/mol. The molecule has 3 aromatic carbocycles. The summed E-state index contributed by atoms with van der Waals surface area (Å²) in [7, 11) is 0. The third kappa shape index (κ3) is 5.99. The Hall–Kier alpha value is -3.53. The number of hydrogen-bond donors (Lipinski definition) is 1. The minimum Gasteiger partial charge on any atom is -0.455 e. The largest absolute Gasteiger partial charge is 0.455 e. The van der Waals surface area contributed by atoms with Crippen LogP contribution in [-0.4, -0.2) is 59.1 Å². The van der Waals surface area contributed by atoms with Crippen molar-refractivity contribution < 1.29 is 38.4 Å². The lowest BCUT2D eigenvalue weighted by Crippen LogP contribution is -2.46. The Kier molecular flexibility index (Phi) is 8.48. The van der Waals surface area contributed by atoms with Crippen molar-refractivity contribution in [1.29, 1.82) is 0 Å². The molecule has 186 valence electrons. The van der Waals surface area contributed by atoms with Crippen LogP contribution in [0.25, 0.3) is 0 Å². The lowest BCUT2D eigenvalue weighted by molar-refractivity contribution is -0.145. The third-order valence-corrected chi connectivity index (χ3v) is 6.16. The number of hydrogen-bond acceptors (Lipinski definition) is 8. The quantitative estimate of drug-likeness (QED) is 0.254. The number of halogens is 1. The van der Waals surface area contributed by atoms with E-state index in [4.69, 9.17) is 18.9 Å². The van der Waals surface area contributed by atoms with E-state index in [-0.39, 0.29) is 16.5 Å². The molecule has 0 aliphatic carbocycles. The predicted octanol–water partition coefficient (Wildman–Crippen LogP) is 3.78. The lowest BCUT2D eigenvalue weighted by atomic mass is 10.1. The molecule has 36 heavy (non-hydrogen) atoms. The zero-order valence-electron chi connectivity index (χ0n) is 18.9. The minimum absolute atomic E-state index is 0.0989. The van der Waals surface area contributed by atoms with Gasteiger partial charge in [0.2, 0.25) is 0 Å². The van der Waals surface area contributed by atoms with Gasteiger partial charge in [0.05, 0.1) is 16.7 Å². The van der Waals surface area contributed by atoms with Crippen LogP contribution in [0.2, 0.25) is 0 Å². The Morgan fingerprint density at radius 2 is 1.14 bits per heavy atom. The van der Waals surface area contributed by atoms with Crippen LogP contribution in [-0.2, 0) is 18.9 Å². The molecule has 4 rings (SSSR count). The Balaban J connectivity index is 1.59. The normalized spacial score (nSPS) is 21.8. The highest BCUT2D eigenvalue weighted by Crippen LogP contribution is 2.31. The van der Waals surface area contributed by atoms with Crippen LogP contribution in [0.1, 0.15) is 31.1 Å². The van der Waals surface area contributed by atoms with Crippen molar-refractivity contribution in [2.75, 3.05) is 5.33 Å². The minimum atomic E-state index is -1.63. The fourth-order valence-corrected chi connectivity index (χ4v) is 4.22. The Morgan fingerprint density at radius 3 is 1.58 bits per heavy atom. The maximum atomic E-state index is 12.9. The molecule has 0 saturated carbocycles. The van der Waals surface area contributed by atoms with E-state index in [2.05, 4.69) is 15.9 Å². The van der Waals surface area contributed by atoms with Gasteiger partial charge in [-0.3, -0.25) is 0 Å². The third-order valence-electron chi connectivity index (χ3n) is 5.52. The van der Waals surface area contributed by atoms with E-state index >= 15 is 0 Å². The van der Waals surface area contributed by atoms with Crippen molar-refractivity contribution in [3.63, 3.8) is 0 Å². The number of aliphatic hydroxyl groups excluding tert-OH is 1. The zero-order valence-corrected chi connectivity index (χ0v) is 20.5. The van der Waals surface area contributed by atoms with Crippen LogP contribution in [0, 0.1) is 0 Å². The van der Waals surface area contributed by atoms with E-state index in [1.54, 1.807) is 91.0 Å². The zero-order chi connectivity index (χ0) is 25.5. The number of esters is 3. The number of alkyl halides is 1. The Morgan fingerprint density at radius 1 is 0.722 bits per heavy atom. The number of rotatable bonds is 8. The highest BCUT2D eigenvalue weighted by Gasteiger charge is 2.53. The molecule has 0 spiro atoms. The van der Waals surface area contributed by atoms with Gasteiger partial charge < -0.3 is 24.1 Å². The van der Waals surface area contributed by atoms with Gasteiger partial charge in [0, 0.05) is 5.33 Å². The number of aliphatic hydroxyl groups is 1. The summed E-state index contributed by atoms with van der Waals surface area (Å²) < 4.78 is 22.5. The lowest BCUT2D eigenvalue weighted by Gasteiger charge is -2.27. The summed E-state index contributed by atoms with van der Waals surface area (Å²) in [6, 6.07) is 24.7. The first-order valence-corrected chi connectivity index (χ1v) is 12.3. The summed E-state index contributed by atoms with van der Waals surface area (Å²) in [5.74, 6) is -2.08. The molecular formula is C27H23BrO8. The first-order valence-electron chi connectivity index (χ1n) is 11.2. The highest BCUT2D eigenvalue weighted by atomic mass is 79.9. The molecule has 0 radical (unpaired) electrons. The topological polar surface area (TPSA) is 108 Å². The summed E-state index contributed by atoms with van der Waals surface area (Å²) in [6.45, 7) is 0. The standard InChI is InChI=1S/C27H23BrO8/c28-16-20(33-24(29)17-10-4-1-5-11-17)21-22(35-25(30)18-12-6-2-7-13-18)23(27(32)34-21)36-26(31)19-14-8-3-9-15-19/h1-15,20-23,27,32H,16H2/t20-,21+,22+,23-,27-/m1/s1. The van der Waals surface area contributed by atoms with Crippen LogP contribution in [0.5, 0.6) is 0 Å². The van der Waals surface area contributed by atoms with Crippen molar-refractivity contribution in [2.45, 2.75) is 30.7 Å². The fraction of sp³-hybridized carbons (Fsp3) is 0.222. The maximum absolute atomic E-state index is 12.9. The summed E-state index contributed by atoms with van der Waals surface area (Å²) in [4.78, 5) is 38.3. The van der Waals surface area contributed by atoms with Gasteiger partial charge in [-0.25, -0.2) is 14.4 Å². The first kappa shape index (κ1) is 25.6. The van der Waals surface area contributed by atoms with Crippen molar-refractivity contribution in [3.8, 4) is 0 Å². The van der Waals surface area contributed by atoms with E-state index in [9.17, 15) is 19.5 Å². The molecular weight excluding hydrogens is 532 g/mol. The molecule has 0 aromatic heterocycles. The molecule has 1 heterocycles. The average Bonchev–Trinajstić information content (AvgIpc) is 3.22. The van der Waals surface area contributed by atoms with Crippen LogP contribution in [0.4, 0.5) is 0 Å². The summed E-state index contributed by atoms with van der Waals surface area (Å²) >= 11 is 3.31. The molecule has 5 atom stereocenters. The molecule has 1 fully saturated rings. The first-order chi connectivity index (χ1) is 17.5. The van der Waals surface area contributed by atoms with Crippen LogP contribution in [0.15, 0.2) is 91.0 Å². The molecule has 0 unspecified atom stereocenters. The molecule has 1 aliphatic rings. The van der Waals surface area contributed by atoms with E-state index < -0.39 is 48.6 Å². The molecule has 0 bridgehead atoms. The highest BCUT2D eigenvalue weighted by molar-refractivity contribution is 9.09. The van der Waals surface area contributed by atoms with Crippen molar-refractivity contribution in [1.82, 2.24) is 0 Å². The number of carbonyl (C=O) groups excluding carboxylic acids is 3. The van der Waals surface area contributed by atoms with Gasteiger partial charge in [-0.05, 0) is 36.4 Å². The van der Waals surface area contributed by atoms with Crippen LogP contribution < -0.4 is 0 Å². The second-order valence-corrected chi connectivity index (χ2v) is 8.57. The van der Waals surface area contributed by atoms with Gasteiger partial charge in [-0.15, -0.1) is 0 Å². The molecule has 1 N–H and O–H groups in total. The van der Waals surface area contributed by atoms with E-state index in [0.29, 0.717) is 5.56 Å².